The van der Waals surface area contributed by atoms with E-state index in [0.717, 1.165) is 11.1 Å². The standard InChI is InChI=1S/C18H16N2O3/c19-12-16-9-8-14(11-17(16)21)7-4-10-20-18(22)23-13-15-5-2-1-3-6-15/h1-9,11,21H,10,13H2,(H,20,22). The lowest BCUT2D eigenvalue weighted by molar-refractivity contribution is 0.141. The summed E-state index contributed by atoms with van der Waals surface area (Å²) in [7, 11) is 0. The fourth-order valence-corrected chi connectivity index (χ4v) is 1.86. The lowest BCUT2D eigenvalue weighted by Crippen LogP contribution is -2.24. The molecule has 0 aromatic heterocycles. The van der Waals surface area contributed by atoms with E-state index in [1.54, 1.807) is 18.2 Å². The second kappa shape index (κ2) is 8.25. The molecule has 0 bridgehead atoms. The predicted octanol–water partition coefficient (Wildman–Crippen LogP) is 3.20. The number of nitriles is 1. The zero-order valence-corrected chi connectivity index (χ0v) is 12.4. The van der Waals surface area contributed by atoms with Crippen LogP contribution < -0.4 is 5.32 Å². The molecule has 0 unspecified atom stereocenters. The van der Waals surface area contributed by atoms with Gasteiger partial charge >= 0.3 is 6.09 Å². The minimum Gasteiger partial charge on any atom is -0.507 e. The zero-order valence-electron chi connectivity index (χ0n) is 12.4. The highest BCUT2D eigenvalue weighted by molar-refractivity contribution is 5.67. The molecule has 2 aromatic rings. The van der Waals surface area contributed by atoms with Crippen LogP contribution in [0.3, 0.4) is 0 Å². The van der Waals surface area contributed by atoms with Crippen molar-refractivity contribution in [3.63, 3.8) is 0 Å². The number of benzene rings is 2. The number of phenols is 1. The Morgan fingerprint density at radius 3 is 2.74 bits per heavy atom. The number of ether oxygens (including phenoxy) is 1. The van der Waals surface area contributed by atoms with Crippen molar-refractivity contribution >= 4 is 12.2 Å². The van der Waals surface area contributed by atoms with Gasteiger partial charge in [0.15, 0.2) is 0 Å². The number of amides is 1. The lowest BCUT2D eigenvalue weighted by Gasteiger charge is -2.05. The van der Waals surface area contributed by atoms with Gasteiger partial charge in [-0.15, -0.1) is 0 Å². The molecule has 0 aliphatic rings. The van der Waals surface area contributed by atoms with Gasteiger partial charge in [-0.1, -0.05) is 48.6 Å². The molecule has 2 aromatic carbocycles. The van der Waals surface area contributed by atoms with Gasteiger partial charge in [0.25, 0.3) is 0 Å². The van der Waals surface area contributed by atoms with Crippen molar-refractivity contribution in [1.29, 1.82) is 5.26 Å². The number of phenolic OH excluding ortho intramolecular Hbond substituents is 1. The smallest absolute Gasteiger partial charge is 0.407 e. The van der Waals surface area contributed by atoms with Crippen molar-refractivity contribution < 1.29 is 14.6 Å². The normalized spacial score (nSPS) is 10.2. The average Bonchev–Trinajstić information content (AvgIpc) is 2.58. The predicted molar refractivity (Wildman–Crippen MR) is 86.5 cm³/mol. The summed E-state index contributed by atoms with van der Waals surface area (Å²) in [6.45, 7) is 0.522. The molecule has 0 radical (unpaired) electrons. The van der Waals surface area contributed by atoms with E-state index in [4.69, 9.17) is 10.00 Å². The fraction of sp³-hybridized carbons (Fsp3) is 0.111. The Morgan fingerprint density at radius 2 is 2.04 bits per heavy atom. The van der Waals surface area contributed by atoms with Crippen molar-refractivity contribution in [1.82, 2.24) is 5.32 Å². The van der Waals surface area contributed by atoms with E-state index in [1.165, 1.54) is 12.1 Å². The van der Waals surface area contributed by atoms with Crippen molar-refractivity contribution in [2.45, 2.75) is 6.61 Å². The highest BCUT2D eigenvalue weighted by Crippen LogP contribution is 2.18. The van der Waals surface area contributed by atoms with E-state index in [1.807, 2.05) is 36.4 Å². The molecular formula is C18H16N2O3. The number of rotatable bonds is 5. The third-order valence-corrected chi connectivity index (χ3v) is 3.03. The second-order valence-corrected chi connectivity index (χ2v) is 4.73. The third-order valence-electron chi connectivity index (χ3n) is 3.03. The molecule has 116 valence electrons. The van der Waals surface area contributed by atoms with Gasteiger partial charge in [0.2, 0.25) is 0 Å². The Kier molecular flexibility index (Phi) is 5.78. The molecule has 0 saturated heterocycles. The monoisotopic (exact) mass is 308 g/mol. The van der Waals surface area contributed by atoms with Gasteiger partial charge in [-0.2, -0.15) is 5.26 Å². The van der Waals surface area contributed by atoms with Crippen LogP contribution in [0, 0.1) is 11.3 Å². The first-order chi connectivity index (χ1) is 11.2. The first-order valence-electron chi connectivity index (χ1n) is 7.03. The maximum Gasteiger partial charge on any atom is 0.407 e. The second-order valence-electron chi connectivity index (χ2n) is 4.73. The topological polar surface area (TPSA) is 82.4 Å². The van der Waals surface area contributed by atoms with Gasteiger partial charge < -0.3 is 15.2 Å². The summed E-state index contributed by atoms with van der Waals surface area (Å²) in [5.41, 5.74) is 1.89. The number of alkyl carbamates (subject to hydrolysis) is 1. The van der Waals surface area contributed by atoms with E-state index in [2.05, 4.69) is 5.32 Å². The molecule has 2 rings (SSSR count). The van der Waals surface area contributed by atoms with Crippen LogP contribution >= 0.6 is 0 Å². The summed E-state index contributed by atoms with van der Waals surface area (Å²) >= 11 is 0. The quantitative estimate of drug-likeness (QED) is 0.888. The molecule has 0 heterocycles. The lowest BCUT2D eigenvalue weighted by atomic mass is 10.1. The fourth-order valence-electron chi connectivity index (χ4n) is 1.86. The van der Waals surface area contributed by atoms with Gasteiger partial charge in [-0.05, 0) is 23.3 Å². The van der Waals surface area contributed by atoms with E-state index < -0.39 is 6.09 Å². The third kappa shape index (κ3) is 5.21. The molecule has 0 saturated carbocycles. The highest BCUT2D eigenvalue weighted by Gasteiger charge is 2.01. The van der Waals surface area contributed by atoms with Crippen LogP contribution in [0.4, 0.5) is 4.79 Å². The summed E-state index contributed by atoms with van der Waals surface area (Å²) in [6, 6.07) is 16.0. The minimum atomic E-state index is -0.499. The molecule has 23 heavy (non-hydrogen) atoms. The number of carbonyl (C=O) groups is 1. The van der Waals surface area contributed by atoms with Gasteiger partial charge in [0, 0.05) is 6.54 Å². The highest BCUT2D eigenvalue weighted by atomic mass is 16.5. The Balaban J connectivity index is 1.75. The van der Waals surface area contributed by atoms with Gasteiger partial charge in [0.05, 0.1) is 5.56 Å². The van der Waals surface area contributed by atoms with Gasteiger partial charge in [-0.3, -0.25) is 0 Å². The molecule has 1 amide bonds. The van der Waals surface area contributed by atoms with Crippen molar-refractivity contribution in [3.05, 3.63) is 71.3 Å². The number of hydrogen-bond donors (Lipinski definition) is 2. The SMILES string of the molecule is N#Cc1ccc(C=CCNC(=O)OCc2ccccc2)cc1O. The van der Waals surface area contributed by atoms with Crippen LogP contribution in [0.1, 0.15) is 16.7 Å². The molecule has 0 atom stereocenters. The van der Waals surface area contributed by atoms with Crippen molar-refractivity contribution in [3.8, 4) is 11.8 Å². The molecule has 0 spiro atoms. The van der Waals surface area contributed by atoms with Crippen LogP contribution in [0.2, 0.25) is 0 Å². The Bertz CT molecular complexity index is 734. The maximum atomic E-state index is 11.5. The van der Waals surface area contributed by atoms with E-state index in [-0.39, 0.29) is 17.9 Å². The largest absolute Gasteiger partial charge is 0.507 e. The van der Waals surface area contributed by atoms with Crippen molar-refractivity contribution in [2.75, 3.05) is 6.54 Å². The molecule has 5 heteroatoms. The summed E-state index contributed by atoms with van der Waals surface area (Å²) in [5, 5.41) is 20.9. The Morgan fingerprint density at radius 1 is 1.26 bits per heavy atom. The number of aromatic hydroxyl groups is 1. The van der Waals surface area contributed by atoms with Gasteiger partial charge in [0.1, 0.15) is 18.4 Å². The van der Waals surface area contributed by atoms with Crippen LogP contribution in [-0.4, -0.2) is 17.7 Å². The number of nitrogens with one attached hydrogen (secondary N) is 1. The summed E-state index contributed by atoms with van der Waals surface area (Å²) < 4.78 is 5.07. The number of nitrogens with zero attached hydrogens (tertiary/aromatic N) is 1. The number of carbonyl (C=O) groups excluding carboxylic acids is 1. The summed E-state index contributed by atoms with van der Waals surface area (Å²) in [4.78, 5) is 11.5. The maximum absolute atomic E-state index is 11.5. The molecule has 0 aliphatic carbocycles. The summed E-state index contributed by atoms with van der Waals surface area (Å²) in [6.07, 6.45) is 2.96. The van der Waals surface area contributed by atoms with E-state index in [0.29, 0.717) is 6.54 Å². The summed E-state index contributed by atoms with van der Waals surface area (Å²) in [5.74, 6) is -0.0649. The van der Waals surface area contributed by atoms with E-state index >= 15 is 0 Å². The van der Waals surface area contributed by atoms with Gasteiger partial charge in [-0.25, -0.2) is 4.79 Å². The molecule has 0 aliphatic heterocycles. The van der Waals surface area contributed by atoms with Crippen LogP contribution in [0.25, 0.3) is 6.08 Å². The van der Waals surface area contributed by atoms with Crippen LogP contribution in [-0.2, 0) is 11.3 Å². The van der Waals surface area contributed by atoms with E-state index in [9.17, 15) is 9.90 Å². The Labute approximate surface area is 134 Å². The Hall–Kier alpha value is -3.26. The molecule has 2 N–H and O–H groups in total. The first kappa shape index (κ1) is 16.1. The molecule has 5 nitrogen and oxygen atoms in total. The first-order valence-corrected chi connectivity index (χ1v) is 7.03. The zero-order chi connectivity index (χ0) is 16.5. The van der Waals surface area contributed by atoms with Crippen molar-refractivity contribution in [2.24, 2.45) is 0 Å². The average molecular weight is 308 g/mol. The molecule has 0 fully saturated rings. The van der Waals surface area contributed by atoms with Crippen LogP contribution in [0.15, 0.2) is 54.6 Å². The molecular weight excluding hydrogens is 292 g/mol. The minimum absolute atomic E-state index is 0.0649. The van der Waals surface area contributed by atoms with Crippen LogP contribution in [0.5, 0.6) is 5.75 Å². The number of hydrogen-bond acceptors (Lipinski definition) is 4.